The molecule has 35 heavy (non-hydrogen) atoms. The molecule has 0 radical (unpaired) electrons. The highest BCUT2D eigenvalue weighted by molar-refractivity contribution is 8.15. The third kappa shape index (κ3) is 6.12. The Morgan fingerprint density at radius 2 is 1.74 bits per heavy atom. The number of thioether (sulfide) groups is 1. The quantitative estimate of drug-likeness (QED) is 0.582. The first-order valence-corrected chi connectivity index (χ1v) is 13.5. The summed E-state index contributed by atoms with van der Waals surface area (Å²) in [5, 5.41) is 8.08. The van der Waals surface area contributed by atoms with Crippen LogP contribution in [0.4, 0.5) is 5.69 Å². The number of halogens is 1. The second-order valence-electron chi connectivity index (χ2n) is 9.32. The van der Waals surface area contributed by atoms with Crippen LogP contribution in [-0.4, -0.2) is 71.7 Å². The van der Waals surface area contributed by atoms with Crippen molar-refractivity contribution in [2.45, 2.75) is 37.2 Å². The summed E-state index contributed by atoms with van der Waals surface area (Å²) < 4.78 is 5.45. The van der Waals surface area contributed by atoms with Crippen molar-refractivity contribution in [3.8, 4) is 0 Å². The summed E-state index contributed by atoms with van der Waals surface area (Å²) in [5.41, 5.74) is 9.51. The lowest BCUT2D eigenvalue weighted by molar-refractivity contribution is -0.120. The Kier molecular flexibility index (Phi) is 7.82. The van der Waals surface area contributed by atoms with Gasteiger partial charge in [-0.3, -0.25) is 14.7 Å². The number of carbonyl (C=O) groups excluding carboxylic acids is 1. The van der Waals surface area contributed by atoms with Crippen molar-refractivity contribution in [2.75, 3.05) is 44.3 Å². The Morgan fingerprint density at radius 3 is 2.46 bits per heavy atom. The van der Waals surface area contributed by atoms with Crippen LogP contribution in [0.2, 0.25) is 5.02 Å². The summed E-state index contributed by atoms with van der Waals surface area (Å²) in [6, 6.07) is 16.9. The van der Waals surface area contributed by atoms with Gasteiger partial charge in [-0.2, -0.15) is 5.10 Å². The van der Waals surface area contributed by atoms with Gasteiger partial charge in [-0.15, -0.1) is 0 Å². The molecule has 2 aromatic carbocycles. The maximum atomic E-state index is 12.2. The zero-order chi connectivity index (χ0) is 24.2. The molecule has 2 fully saturated rings. The Hall–Kier alpha value is -2.26. The van der Waals surface area contributed by atoms with E-state index in [1.807, 2.05) is 29.3 Å². The molecule has 1 amide bonds. The molecule has 2 N–H and O–H groups in total. The lowest BCUT2D eigenvalue weighted by Gasteiger charge is -2.28. The van der Waals surface area contributed by atoms with Crippen molar-refractivity contribution in [2.24, 2.45) is 10.8 Å². The van der Waals surface area contributed by atoms with Crippen molar-refractivity contribution >= 4 is 40.0 Å². The molecule has 2 aromatic rings. The van der Waals surface area contributed by atoms with Crippen molar-refractivity contribution in [1.82, 2.24) is 9.91 Å². The van der Waals surface area contributed by atoms with Crippen LogP contribution in [0.3, 0.4) is 0 Å². The summed E-state index contributed by atoms with van der Waals surface area (Å²) in [4.78, 5) is 17.0. The van der Waals surface area contributed by atoms with Gasteiger partial charge in [0.15, 0.2) is 5.37 Å². The summed E-state index contributed by atoms with van der Waals surface area (Å²) in [7, 11) is 0. The SMILES string of the molecule is NC(=O)C1SC(CCc2ccc(Cl)cc2)=NN1[C@H]1CCN(c2ccc(CN3CCOCC3)cc2)C1. The highest BCUT2D eigenvalue weighted by Crippen LogP contribution is 2.34. The van der Waals surface area contributed by atoms with Gasteiger partial charge in [0.05, 0.1) is 24.3 Å². The van der Waals surface area contributed by atoms with Crippen LogP contribution in [0.1, 0.15) is 24.0 Å². The second-order valence-corrected chi connectivity index (χ2v) is 10.9. The van der Waals surface area contributed by atoms with E-state index in [0.717, 1.165) is 75.3 Å². The first-order chi connectivity index (χ1) is 17.0. The van der Waals surface area contributed by atoms with Crippen LogP contribution in [-0.2, 0) is 22.5 Å². The normalized spacial score (nSPS) is 23.1. The maximum Gasteiger partial charge on any atom is 0.252 e. The van der Waals surface area contributed by atoms with Gasteiger partial charge < -0.3 is 15.4 Å². The van der Waals surface area contributed by atoms with E-state index in [1.165, 1.54) is 28.6 Å². The number of aryl methyl sites for hydroxylation is 1. The zero-order valence-corrected chi connectivity index (χ0v) is 21.4. The molecule has 0 aromatic heterocycles. The number of ether oxygens (including phenoxy) is 1. The number of hydrazone groups is 1. The van der Waals surface area contributed by atoms with E-state index in [0.29, 0.717) is 0 Å². The van der Waals surface area contributed by atoms with E-state index in [9.17, 15) is 4.79 Å². The van der Waals surface area contributed by atoms with E-state index >= 15 is 0 Å². The van der Waals surface area contributed by atoms with Crippen LogP contribution >= 0.6 is 23.4 Å². The van der Waals surface area contributed by atoms with Crippen molar-refractivity contribution < 1.29 is 9.53 Å². The molecule has 0 spiro atoms. The lowest BCUT2D eigenvalue weighted by atomic mass is 10.1. The van der Waals surface area contributed by atoms with Crippen LogP contribution in [0, 0.1) is 0 Å². The smallest absolute Gasteiger partial charge is 0.252 e. The molecule has 2 saturated heterocycles. The number of hydrogen-bond donors (Lipinski definition) is 1. The van der Waals surface area contributed by atoms with Gasteiger partial charge in [0.25, 0.3) is 5.91 Å². The first kappa shape index (κ1) is 24.4. The zero-order valence-electron chi connectivity index (χ0n) is 19.8. The van der Waals surface area contributed by atoms with E-state index < -0.39 is 5.37 Å². The van der Waals surface area contributed by atoms with E-state index in [1.54, 1.807) is 0 Å². The number of nitrogens with zero attached hydrogens (tertiary/aromatic N) is 4. The Balaban J connectivity index is 1.19. The van der Waals surface area contributed by atoms with Gasteiger partial charge in [0.2, 0.25) is 0 Å². The van der Waals surface area contributed by atoms with E-state index in [4.69, 9.17) is 27.2 Å². The number of morpholine rings is 1. The molecular formula is C26H32ClN5O2S. The number of anilines is 1. The molecule has 3 aliphatic heterocycles. The molecule has 0 bridgehead atoms. The van der Waals surface area contributed by atoms with Crippen LogP contribution < -0.4 is 10.6 Å². The third-order valence-electron chi connectivity index (χ3n) is 6.85. The number of rotatable bonds is 8. The molecule has 0 aliphatic carbocycles. The standard InChI is InChI=1S/C26H32ClN5O2S/c27-21-6-1-19(2-7-21)5-10-24-29-32(26(35-24)25(28)33)23-11-12-31(18-23)22-8-3-20(4-9-22)17-30-13-15-34-16-14-30/h1-4,6-9,23,26H,5,10-18H2,(H2,28,33)/t23-,26?/m0/s1. The molecule has 2 atom stereocenters. The number of nitrogens with two attached hydrogens (primary N) is 1. The van der Waals surface area contributed by atoms with Gasteiger partial charge in [-0.1, -0.05) is 47.6 Å². The number of hydrogen-bond acceptors (Lipinski definition) is 7. The Bertz CT molecular complexity index is 1040. The van der Waals surface area contributed by atoms with E-state index in [2.05, 4.69) is 34.1 Å². The molecule has 186 valence electrons. The molecule has 5 rings (SSSR count). The van der Waals surface area contributed by atoms with Crippen molar-refractivity contribution in [3.63, 3.8) is 0 Å². The Labute approximate surface area is 216 Å². The van der Waals surface area contributed by atoms with Gasteiger partial charge in [0, 0.05) is 49.9 Å². The predicted molar refractivity (Wildman–Crippen MR) is 143 cm³/mol. The van der Waals surface area contributed by atoms with Crippen LogP contribution in [0.25, 0.3) is 0 Å². The fourth-order valence-electron chi connectivity index (χ4n) is 4.88. The average Bonchev–Trinajstić information content (AvgIpc) is 3.53. The fraction of sp³-hybridized carbons (Fsp3) is 0.462. The van der Waals surface area contributed by atoms with Gasteiger partial charge in [-0.05, 0) is 48.2 Å². The third-order valence-corrected chi connectivity index (χ3v) is 8.33. The Morgan fingerprint density at radius 1 is 1.03 bits per heavy atom. The molecule has 3 heterocycles. The summed E-state index contributed by atoms with van der Waals surface area (Å²) >= 11 is 7.49. The summed E-state index contributed by atoms with van der Waals surface area (Å²) in [6.45, 7) is 6.36. The van der Waals surface area contributed by atoms with Crippen LogP contribution in [0.15, 0.2) is 53.6 Å². The second kappa shape index (κ2) is 11.2. The minimum absolute atomic E-state index is 0.168. The molecule has 7 nitrogen and oxygen atoms in total. The number of amides is 1. The number of primary amides is 1. The largest absolute Gasteiger partial charge is 0.379 e. The van der Waals surface area contributed by atoms with Gasteiger partial charge in [-0.25, -0.2) is 0 Å². The van der Waals surface area contributed by atoms with E-state index in [-0.39, 0.29) is 11.9 Å². The van der Waals surface area contributed by atoms with Crippen LogP contribution in [0.5, 0.6) is 0 Å². The average molecular weight is 514 g/mol. The minimum Gasteiger partial charge on any atom is -0.379 e. The molecule has 1 unspecified atom stereocenters. The van der Waals surface area contributed by atoms with Crippen molar-refractivity contribution in [1.29, 1.82) is 0 Å². The fourth-order valence-corrected chi connectivity index (χ4v) is 6.07. The first-order valence-electron chi connectivity index (χ1n) is 12.3. The number of carbonyl (C=O) groups is 1. The minimum atomic E-state index is -0.434. The molecule has 0 saturated carbocycles. The predicted octanol–water partition coefficient (Wildman–Crippen LogP) is 3.56. The summed E-state index contributed by atoms with van der Waals surface area (Å²) in [6.07, 6.45) is 2.59. The number of benzene rings is 2. The highest BCUT2D eigenvalue weighted by Gasteiger charge is 2.39. The van der Waals surface area contributed by atoms with Gasteiger partial charge in [0.1, 0.15) is 0 Å². The van der Waals surface area contributed by atoms with Crippen molar-refractivity contribution in [3.05, 3.63) is 64.7 Å². The molecule has 9 heteroatoms. The maximum absolute atomic E-state index is 12.2. The molecule has 3 aliphatic rings. The highest BCUT2D eigenvalue weighted by atomic mass is 35.5. The lowest BCUT2D eigenvalue weighted by Crippen LogP contribution is -2.44. The monoisotopic (exact) mass is 513 g/mol. The van der Waals surface area contributed by atoms with Gasteiger partial charge >= 0.3 is 0 Å². The topological polar surface area (TPSA) is 74.4 Å². The summed E-state index contributed by atoms with van der Waals surface area (Å²) in [5.74, 6) is -0.328. The molecular weight excluding hydrogens is 482 g/mol.